The number of aryl methyl sites for hydroxylation is 1. The Morgan fingerprint density at radius 1 is 1.06 bits per heavy atom. The maximum Gasteiger partial charge on any atom is 0.271 e. The molecule has 9 heteroatoms. The minimum absolute atomic E-state index is 0.195. The number of carbonyl (C=O) groups is 2. The lowest BCUT2D eigenvalue weighted by molar-refractivity contribution is -0.118. The van der Waals surface area contributed by atoms with Gasteiger partial charge in [-0.25, -0.2) is 5.43 Å². The highest BCUT2D eigenvalue weighted by Gasteiger charge is 2.14. The van der Waals surface area contributed by atoms with E-state index in [4.69, 9.17) is 9.47 Å². The van der Waals surface area contributed by atoms with E-state index in [1.807, 2.05) is 31.2 Å². The number of rotatable bonds is 8. The molecule has 0 saturated heterocycles. The maximum absolute atomic E-state index is 12.3. The molecular formula is C24H21Br2N3O4. The third kappa shape index (κ3) is 7.16. The molecule has 2 N–H and O–H groups in total. The SMILES string of the molecule is COc1cc(/C=N/NC(=O)c2ccc(Br)cc2)cc(Br)c1OCC(=O)Nc1cccc(C)c1. The summed E-state index contributed by atoms with van der Waals surface area (Å²) in [5.74, 6) is 0.168. The molecule has 0 fully saturated rings. The van der Waals surface area contributed by atoms with Gasteiger partial charge in [-0.05, 0) is 82.5 Å². The molecule has 0 saturated carbocycles. The van der Waals surface area contributed by atoms with Crippen molar-refractivity contribution in [3.8, 4) is 11.5 Å². The summed E-state index contributed by atoms with van der Waals surface area (Å²) in [5, 5.41) is 6.79. The maximum atomic E-state index is 12.3. The number of hydrazone groups is 1. The van der Waals surface area contributed by atoms with Gasteiger partial charge in [-0.2, -0.15) is 5.10 Å². The summed E-state index contributed by atoms with van der Waals surface area (Å²) in [4.78, 5) is 24.4. The van der Waals surface area contributed by atoms with Crippen molar-refractivity contribution in [3.05, 3.63) is 86.3 Å². The number of hydrogen-bond acceptors (Lipinski definition) is 5. The van der Waals surface area contributed by atoms with Crippen LogP contribution in [-0.4, -0.2) is 31.7 Å². The van der Waals surface area contributed by atoms with Crippen LogP contribution < -0.4 is 20.2 Å². The van der Waals surface area contributed by atoms with Crippen molar-refractivity contribution in [2.45, 2.75) is 6.92 Å². The van der Waals surface area contributed by atoms with Gasteiger partial charge in [0.05, 0.1) is 17.8 Å². The second-order valence-electron chi connectivity index (χ2n) is 6.95. The molecule has 7 nitrogen and oxygen atoms in total. The molecule has 0 bridgehead atoms. The van der Waals surface area contributed by atoms with Gasteiger partial charge in [0.1, 0.15) is 0 Å². The van der Waals surface area contributed by atoms with Gasteiger partial charge in [-0.3, -0.25) is 9.59 Å². The Hall–Kier alpha value is -3.17. The van der Waals surface area contributed by atoms with Crippen LogP contribution >= 0.6 is 31.9 Å². The molecule has 0 aliphatic rings. The first-order chi connectivity index (χ1) is 15.9. The van der Waals surface area contributed by atoms with Crippen LogP contribution in [0.1, 0.15) is 21.5 Å². The highest BCUT2D eigenvalue weighted by Crippen LogP contribution is 2.36. The Labute approximate surface area is 208 Å². The lowest BCUT2D eigenvalue weighted by Gasteiger charge is -2.13. The van der Waals surface area contributed by atoms with Gasteiger partial charge in [0, 0.05) is 15.7 Å². The summed E-state index contributed by atoms with van der Waals surface area (Å²) in [6.07, 6.45) is 1.48. The van der Waals surface area contributed by atoms with Crippen molar-refractivity contribution in [1.29, 1.82) is 0 Å². The van der Waals surface area contributed by atoms with E-state index < -0.39 is 0 Å². The summed E-state index contributed by atoms with van der Waals surface area (Å²) in [6, 6.07) is 17.9. The molecule has 0 atom stereocenters. The number of anilines is 1. The van der Waals surface area contributed by atoms with E-state index in [0.29, 0.717) is 32.8 Å². The Morgan fingerprint density at radius 3 is 2.52 bits per heavy atom. The number of carbonyl (C=O) groups excluding carboxylic acids is 2. The highest BCUT2D eigenvalue weighted by molar-refractivity contribution is 9.10. The van der Waals surface area contributed by atoms with Crippen molar-refractivity contribution in [2.24, 2.45) is 5.10 Å². The van der Waals surface area contributed by atoms with Gasteiger partial charge in [0.15, 0.2) is 18.1 Å². The second-order valence-corrected chi connectivity index (χ2v) is 8.72. The van der Waals surface area contributed by atoms with Crippen LogP contribution in [0.25, 0.3) is 0 Å². The third-order valence-electron chi connectivity index (χ3n) is 4.39. The Morgan fingerprint density at radius 2 is 1.82 bits per heavy atom. The van der Waals surface area contributed by atoms with E-state index in [1.165, 1.54) is 13.3 Å². The van der Waals surface area contributed by atoms with Crippen LogP contribution in [0.4, 0.5) is 5.69 Å². The third-order valence-corrected chi connectivity index (χ3v) is 5.51. The van der Waals surface area contributed by atoms with Gasteiger partial charge in [0.25, 0.3) is 11.8 Å². The number of benzene rings is 3. The molecule has 0 aliphatic heterocycles. The number of amides is 2. The molecule has 0 aromatic heterocycles. The lowest BCUT2D eigenvalue weighted by atomic mass is 10.2. The number of nitrogens with zero attached hydrogens (tertiary/aromatic N) is 1. The zero-order valence-electron chi connectivity index (χ0n) is 17.9. The molecule has 0 radical (unpaired) electrons. The summed E-state index contributed by atoms with van der Waals surface area (Å²) in [7, 11) is 1.50. The molecule has 2 amide bonds. The Bertz CT molecular complexity index is 1180. The number of hydrogen-bond donors (Lipinski definition) is 2. The summed E-state index contributed by atoms with van der Waals surface area (Å²) >= 11 is 6.77. The molecule has 3 aromatic rings. The Kier molecular flexibility index (Phi) is 8.62. The van der Waals surface area contributed by atoms with E-state index in [0.717, 1.165) is 10.0 Å². The molecule has 3 aromatic carbocycles. The quantitative estimate of drug-likeness (QED) is 0.282. The monoisotopic (exact) mass is 573 g/mol. The summed E-state index contributed by atoms with van der Waals surface area (Å²) in [6.45, 7) is 1.75. The molecular weight excluding hydrogens is 554 g/mol. The average molecular weight is 575 g/mol. The number of halogens is 2. The second kappa shape index (κ2) is 11.6. The van der Waals surface area contributed by atoms with Crippen molar-refractivity contribution in [2.75, 3.05) is 19.0 Å². The fraction of sp³-hybridized carbons (Fsp3) is 0.125. The topological polar surface area (TPSA) is 89.0 Å². The largest absolute Gasteiger partial charge is 0.493 e. The van der Waals surface area contributed by atoms with Crippen LogP contribution in [0.2, 0.25) is 0 Å². The first kappa shape index (κ1) is 24.5. The molecule has 33 heavy (non-hydrogen) atoms. The van der Waals surface area contributed by atoms with Gasteiger partial charge in [-0.1, -0.05) is 28.1 Å². The van der Waals surface area contributed by atoms with E-state index >= 15 is 0 Å². The lowest BCUT2D eigenvalue weighted by Crippen LogP contribution is -2.20. The zero-order valence-corrected chi connectivity index (χ0v) is 21.1. The summed E-state index contributed by atoms with van der Waals surface area (Å²) < 4.78 is 12.5. The van der Waals surface area contributed by atoms with E-state index in [-0.39, 0.29) is 18.4 Å². The van der Waals surface area contributed by atoms with E-state index in [2.05, 4.69) is 47.7 Å². The average Bonchev–Trinajstić information content (AvgIpc) is 2.78. The number of methoxy groups -OCH3 is 1. The van der Waals surface area contributed by atoms with Crippen molar-refractivity contribution in [1.82, 2.24) is 5.43 Å². The standard InChI is InChI=1S/C24H21Br2N3O4/c1-15-4-3-5-19(10-15)28-22(30)14-33-23-20(26)11-16(12-21(23)32-2)13-27-29-24(31)17-6-8-18(25)9-7-17/h3-13H,14H2,1-2H3,(H,28,30)(H,29,31)/b27-13+. The smallest absolute Gasteiger partial charge is 0.271 e. The van der Waals surface area contributed by atoms with Gasteiger partial charge in [0.2, 0.25) is 0 Å². The zero-order chi connectivity index (χ0) is 23.8. The molecule has 0 spiro atoms. The van der Waals surface area contributed by atoms with E-state index in [9.17, 15) is 9.59 Å². The fourth-order valence-corrected chi connectivity index (χ4v) is 3.68. The normalized spacial score (nSPS) is 10.7. The summed E-state index contributed by atoms with van der Waals surface area (Å²) in [5.41, 5.74) is 5.37. The highest BCUT2D eigenvalue weighted by atomic mass is 79.9. The first-order valence-corrected chi connectivity index (χ1v) is 11.4. The molecule has 170 valence electrons. The number of nitrogens with one attached hydrogen (secondary N) is 2. The molecule has 0 aliphatic carbocycles. The van der Waals surface area contributed by atoms with Crippen LogP contribution in [0.5, 0.6) is 11.5 Å². The Balaban J connectivity index is 1.62. The molecule has 0 unspecified atom stereocenters. The minimum Gasteiger partial charge on any atom is -0.493 e. The van der Waals surface area contributed by atoms with Gasteiger partial charge >= 0.3 is 0 Å². The van der Waals surface area contributed by atoms with Gasteiger partial charge in [-0.15, -0.1) is 0 Å². The first-order valence-electron chi connectivity index (χ1n) is 9.81. The number of ether oxygens (including phenoxy) is 2. The van der Waals surface area contributed by atoms with Crippen LogP contribution in [0.15, 0.2) is 74.7 Å². The minimum atomic E-state index is -0.329. The van der Waals surface area contributed by atoms with Crippen LogP contribution in [0.3, 0.4) is 0 Å². The van der Waals surface area contributed by atoms with Crippen molar-refractivity contribution >= 4 is 55.6 Å². The van der Waals surface area contributed by atoms with Crippen LogP contribution in [0, 0.1) is 6.92 Å². The van der Waals surface area contributed by atoms with Crippen molar-refractivity contribution in [3.63, 3.8) is 0 Å². The van der Waals surface area contributed by atoms with Gasteiger partial charge < -0.3 is 14.8 Å². The van der Waals surface area contributed by atoms with Crippen molar-refractivity contribution < 1.29 is 19.1 Å². The van der Waals surface area contributed by atoms with Crippen LogP contribution in [-0.2, 0) is 4.79 Å². The van der Waals surface area contributed by atoms with E-state index in [1.54, 1.807) is 36.4 Å². The fourth-order valence-electron chi connectivity index (χ4n) is 2.84. The molecule has 0 heterocycles. The predicted octanol–water partition coefficient (Wildman–Crippen LogP) is 5.31. The molecule has 3 rings (SSSR count). The predicted molar refractivity (Wildman–Crippen MR) is 135 cm³/mol.